The average molecular weight is 314 g/mol. The van der Waals surface area contributed by atoms with Crippen molar-refractivity contribution in [3.8, 4) is 17.1 Å². The highest BCUT2D eigenvalue weighted by Gasteiger charge is 2.13. The number of para-hydroxylation sites is 1. The maximum absolute atomic E-state index is 11.6. The number of hydrogen-bond donors (Lipinski definition) is 1. The van der Waals surface area contributed by atoms with E-state index in [9.17, 15) is 4.79 Å². The van der Waals surface area contributed by atoms with Crippen molar-refractivity contribution >= 4 is 28.4 Å². The van der Waals surface area contributed by atoms with E-state index in [0.29, 0.717) is 22.3 Å². The van der Waals surface area contributed by atoms with Gasteiger partial charge in [0.25, 0.3) is 5.91 Å². The largest absolute Gasteiger partial charge is 0.497 e. The van der Waals surface area contributed by atoms with Crippen molar-refractivity contribution in [2.45, 2.75) is 0 Å². The Balaban J connectivity index is 2.22. The van der Waals surface area contributed by atoms with Crippen molar-refractivity contribution in [3.63, 3.8) is 0 Å². The molecule has 3 aromatic rings. The summed E-state index contributed by atoms with van der Waals surface area (Å²) in [4.78, 5) is 20.3. The molecule has 1 heterocycles. The fourth-order valence-electron chi connectivity index (χ4n) is 2.18. The van der Waals surface area contributed by atoms with Gasteiger partial charge >= 0.3 is 0 Å². The molecular weight excluding hydrogens is 302 g/mol. The van der Waals surface area contributed by atoms with Crippen LogP contribution >= 0.6 is 11.6 Å². The van der Waals surface area contributed by atoms with Gasteiger partial charge in [0, 0.05) is 10.9 Å². The summed E-state index contributed by atoms with van der Waals surface area (Å²) in [5.41, 5.74) is 6.93. The summed E-state index contributed by atoms with van der Waals surface area (Å²) in [6, 6.07) is 12.3. The lowest BCUT2D eigenvalue weighted by molar-refractivity contribution is 0.100. The molecule has 2 aromatic carbocycles. The third-order valence-electron chi connectivity index (χ3n) is 3.29. The number of ether oxygens (including phenoxy) is 1. The number of nitrogens with zero attached hydrogens (tertiary/aromatic N) is 2. The van der Waals surface area contributed by atoms with Crippen LogP contribution in [-0.4, -0.2) is 23.0 Å². The highest BCUT2D eigenvalue weighted by molar-refractivity contribution is 6.34. The summed E-state index contributed by atoms with van der Waals surface area (Å²) in [7, 11) is 1.59. The summed E-state index contributed by atoms with van der Waals surface area (Å²) < 4.78 is 5.12. The second-order valence-electron chi connectivity index (χ2n) is 4.63. The first-order valence-corrected chi connectivity index (χ1v) is 6.88. The van der Waals surface area contributed by atoms with E-state index in [4.69, 9.17) is 22.1 Å². The molecule has 3 rings (SSSR count). The van der Waals surface area contributed by atoms with Crippen LogP contribution in [0, 0.1) is 0 Å². The molecule has 110 valence electrons. The van der Waals surface area contributed by atoms with Crippen LogP contribution in [0.1, 0.15) is 10.4 Å². The standard InChI is InChI=1S/C16H12ClN3O2/c1-22-10-7-5-9(6-8-10)16-19-13-11(14(17)20-16)3-2-4-12(13)15(18)21/h2-8H,1H3,(H2,18,21). The van der Waals surface area contributed by atoms with E-state index >= 15 is 0 Å². The number of rotatable bonds is 3. The Kier molecular flexibility index (Phi) is 3.65. The monoisotopic (exact) mass is 313 g/mol. The van der Waals surface area contributed by atoms with Crippen LogP contribution in [0.5, 0.6) is 5.75 Å². The predicted molar refractivity (Wildman–Crippen MR) is 85.1 cm³/mol. The molecular formula is C16H12ClN3O2. The number of nitrogens with two attached hydrogens (primary N) is 1. The highest BCUT2D eigenvalue weighted by atomic mass is 35.5. The molecule has 22 heavy (non-hydrogen) atoms. The zero-order valence-electron chi connectivity index (χ0n) is 11.7. The van der Waals surface area contributed by atoms with Gasteiger partial charge < -0.3 is 10.5 Å². The van der Waals surface area contributed by atoms with Gasteiger partial charge in [-0.25, -0.2) is 9.97 Å². The van der Waals surface area contributed by atoms with Gasteiger partial charge in [-0.15, -0.1) is 0 Å². The van der Waals surface area contributed by atoms with Crippen LogP contribution < -0.4 is 10.5 Å². The smallest absolute Gasteiger partial charge is 0.250 e. The molecule has 0 aliphatic heterocycles. The zero-order chi connectivity index (χ0) is 15.7. The van der Waals surface area contributed by atoms with E-state index in [1.165, 1.54) is 0 Å². The first-order chi connectivity index (χ1) is 10.6. The van der Waals surface area contributed by atoms with E-state index in [1.807, 2.05) is 12.1 Å². The maximum atomic E-state index is 11.6. The van der Waals surface area contributed by atoms with Gasteiger partial charge in [-0.2, -0.15) is 0 Å². The normalized spacial score (nSPS) is 10.6. The summed E-state index contributed by atoms with van der Waals surface area (Å²) in [5, 5.41) is 0.870. The van der Waals surface area contributed by atoms with Gasteiger partial charge in [-0.3, -0.25) is 4.79 Å². The number of hydrogen-bond acceptors (Lipinski definition) is 4. The predicted octanol–water partition coefficient (Wildman–Crippen LogP) is 3.06. The third-order valence-corrected chi connectivity index (χ3v) is 3.58. The number of fused-ring (bicyclic) bond motifs is 1. The Morgan fingerprint density at radius 3 is 2.50 bits per heavy atom. The molecule has 0 atom stereocenters. The number of methoxy groups -OCH3 is 1. The number of halogens is 1. The van der Waals surface area contributed by atoms with Crippen molar-refractivity contribution in [1.29, 1.82) is 0 Å². The quantitative estimate of drug-likeness (QED) is 0.754. The summed E-state index contributed by atoms with van der Waals surface area (Å²) in [6.07, 6.45) is 0. The Morgan fingerprint density at radius 2 is 1.86 bits per heavy atom. The lowest BCUT2D eigenvalue weighted by Gasteiger charge is -2.07. The maximum Gasteiger partial charge on any atom is 0.250 e. The fourth-order valence-corrected chi connectivity index (χ4v) is 2.42. The number of primary amides is 1. The van der Waals surface area contributed by atoms with Crippen LogP contribution in [0.4, 0.5) is 0 Å². The number of amides is 1. The van der Waals surface area contributed by atoms with Gasteiger partial charge in [0.2, 0.25) is 0 Å². The lowest BCUT2D eigenvalue weighted by atomic mass is 10.1. The van der Waals surface area contributed by atoms with E-state index in [-0.39, 0.29) is 5.15 Å². The average Bonchev–Trinajstić information content (AvgIpc) is 2.54. The molecule has 0 bridgehead atoms. The molecule has 1 aromatic heterocycles. The summed E-state index contributed by atoms with van der Waals surface area (Å²) in [5.74, 6) is 0.600. The molecule has 0 aliphatic rings. The number of carbonyl (C=O) groups excluding carboxylic acids is 1. The second kappa shape index (κ2) is 5.61. The van der Waals surface area contributed by atoms with Gasteiger partial charge in [0.1, 0.15) is 10.9 Å². The Morgan fingerprint density at radius 1 is 1.14 bits per heavy atom. The topological polar surface area (TPSA) is 78.1 Å². The fraction of sp³-hybridized carbons (Fsp3) is 0.0625. The van der Waals surface area contributed by atoms with Gasteiger partial charge in [0.15, 0.2) is 5.82 Å². The first kappa shape index (κ1) is 14.3. The molecule has 2 N–H and O–H groups in total. The van der Waals surface area contributed by atoms with Crippen LogP contribution in [0.25, 0.3) is 22.3 Å². The summed E-state index contributed by atoms with van der Waals surface area (Å²) >= 11 is 6.22. The van der Waals surface area contributed by atoms with E-state index in [1.54, 1.807) is 37.4 Å². The lowest BCUT2D eigenvalue weighted by Crippen LogP contribution is -2.12. The van der Waals surface area contributed by atoms with Crippen LogP contribution in [-0.2, 0) is 0 Å². The SMILES string of the molecule is COc1ccc(-c2nc(Cl)c3cccc(C(N)=O)c3n2)cc1. The molecule has 0 unspecified atom stereocenters. The highest BCUT2D eigenvalue weighted by Crippen LogP contribution is 2.27. The molecule has 0 saturated heterocycles. The van der Waals surface area contributed by atoms with Gasteiger partial charge in [-0.1, -0.05) is 17.7 Å². The second-order valence-corrected chi connectivity index (χ2v) is 4.99. The first-order valence-electron chi connectivity index (χ1n) is 6.50. The van der Waals surface area contributed by atoms with Crippen molar-refractivity contribution in [2.75, 3.05) is 7.11 Å². The van der Waals surface area contributed by atoms with Crippen molar-refractivity contribution < 1.29 is 9.53 Å². The minimum Gasteiger partial charge on any atom is -0.497 e. The van der Waals surface area contributed by atoms with Crippen LogP contribution in [0.3, 0.4) is 0 Å². The molecule has 0 saturated carbocycles. The van der Waals surface area contributed by atoms with Crippen LogP contribution in [0.2, 0.25) is 5.15 Å². The van der Waals surface area contributed by atoms with Crippen LogP contribution in [0.15, 0.2) is 42.5 Å². The third kappa shape index (κ3) is 2.46. The molecule has 6 heteroatoms. The van der Waals surface area contributed by atoms with Gasteiger partial charge in [-0.05, 0) is 36.4 Å². The van der Waals surface area contributed by atoms with E-state index < -0.39 is 5.91 Å². The Bertz CT molecular complexity index is 863. The van der Waals surface area contributed by atoms with Crippen molar-refractivity contribution in [1.82, 2.24) is 9.97 Å². The van der Waals surface area contributed by atoms with E-state index in [2.05, 4.69) is 9.97 Å². The summed E-state index contributed by atoms with van der Waals surface area (Å²) in [6.45, 7) is 0. The Hall–Kier alpha value is -2.66. The minimum atomic E-state index is -0.555. The molecule has 0 aliphatic carbocycles. The Labute approximate surface area is 131 Å². The number of carbonyl (C=O) groups is 1. The van der Waals surface area contributed by atoms with Crippen molar-refractivity contribution in [3.05, 3.63) is 53.2 Å². The van der Waals surface area contributed by atoms with Gasteiger partial charge in [0.05, 0.1) is 18.2 Å². The molecule has 0 spiro atoms. The zero-order valence-corrected chi connectivity index (χ0v) is 12.5. The number of benzene rings is 2. The van der Waals surface area contributed by atoms with E-state index in [0.717, 1.165) is 11.3 Å². The van der Waals surface area contributed by atoms with Crippen molar-refractivity contribution in [2.24, 2.45) is 5.73 Å². The minimum absolute atomic E-state index is 0.277. The molecule has 5 nitrogen and oxygen atoms in total. The number of aromatic nitrogens is 2. The molecule has 0 fully saturated rings. The molecule has 0 radical (unpaired) electrons. The molecule has 1 amide bonds.